The average molecular weight is 284 g/mol. The zero-order chi connectivity index (χ0) is 14.2. The Morgan fingerprint density at radius 1 is 0.857 bits per heavy atom. The molecule has 21 heavy (non-hydrogen) atoms. The van der Waals surface area contributed by atoms with Gasteiger partial charge in [0, 0.05) is 0 Å². The number of rotatable bonds is 2. The smallest absolute Gasteiger partial charge is 0.348 e. The van der Waals surface area contributed by atoms with Crippen molar-refractivity contribution in [1.29, 1.82) is 0 Å². The molecule has 2 aliphatic heterocycles. The Kier molecular flexibility index (Phi) is 5.53. The molecule has 2 heterocycles. The minimum absolute atomic E-state index is 0. The topological polar surface area (TPSA) is 36.9 Å². The summed E-state index contributed by atoms with van der Waals surface area (Å²) in [6, 6.07) is 7.55. The molecule has 2 aliphatic rings. The molecule has 0 unspecified atom stereocenters. The molecule has 4 nitrogen and oxygen atoms in total. The standard InChI is InChI=1S/C16H21O4.Li/c1-16(2,3)13-9-11(14-17-4-5-18-14)8-12(10-13)15-19-6-7-20-15;/h9-10,14-15H,4-7H2,1-3H3;/q-1;+1. The van der Waals surface area contributed by atoms with Gasteiger partial charge in [-0.1, -0.05) is 20.8 Å². The zero-order valence-electron chi connectivity index (χ0n) is 13.3. The first-order valence-corrected chi connectivity index (χ1v) is 7.08. The van der Waals surface area contributed by atoms with Gasteiger partial charge >= 0.3 is 18.9 Å². The van der Waals surface area contributed by atoms with Gasteiger partial charge in [-0.25, -0.2) is 0 Å². The molecule has 0 aromatic heterocycles. The summed E-state index contributed by atoms with van der Waals surface area (Å²) < 4.78 is 22.4. The van der Waals surface area contributed by atoms with Crippen LogP contribution in [0.3, 0.4) is 0 Å². The van der Waals surface area contributed by atoms with Crippen molar-refractivity contribution in [3.8, 4) is 0 Å². The minimum Gasteiger partial charge on any atom is -0.348 e. The van der Waals surface area contributed by atoms with Crippen LogP contribution in [0, 0.1) is 6.07 Å². The van der Waals surface area contributed by atoms with Crippen molar-refractivity contribution >= 4 is 0 Å². The van der Waals surface area contributed by atoms with Crippen LogP contribution >= 0.6 is 0 Å². The predicted molar refractivity (Wildman–Crippen MR) is 73.3 cm³/mol. The molecule has 1 aromatic rings. The third-order valence-corrected chi connectivity index (χ3v) is 3.53. The third kappa shape index (κ3) is 3.90. The van der Waals surface area contributed by atoms with Crippen molar-refractivity contribution in [3.63, 3.8) is 0 Å². The quantitative estimate of drug-likeness (QED) is 0.560. The summed E-state index contributed by atoms with van der Waals surface area (Å²) in [5, 5.41) is 0. The Balaban J connectivity index is 0.00000161. The summed E-state index contributed by atoms with van der Waals surface area (Å²) in [5.74, 6) is 0. The van der Waals surface area contributed by atoms with Crippen LogP contribution in [-0.4, -0.2) is 26.4 Å². The largest absolute Gasteiger partial charge is 1.00 e. The fourth-order valence-corrected chi connectivity index (χ4v) is 2.38. The van der Waals surface area contributed by atoms with E-state index in [0.717, 1.165) is 11.1 Å². The van der Waals surface area contributed by atoms with Gasteiger partial charge in [0.2, 0.25) is 0 Å². The maximum atomic E-state index is 5.59. The number of hydrogen-bond donors (Lipinski definition) is 0. The van der Waals surface area contributed by atoms with E-state index in [4.69, 9.17) is 18.9 Å². The molecular formula is C16H21LiO4. The molecule has 0 saturated carbocycles. The van der Waals surface area contributed by atoms with Gasteiger partial charge in [0.1, 0.15) is 0 Å². The molecule has 0 bridgehead atoms. The normalized spacial score (nSPS) is 20.7. The summed E-state index contributed by atoms with van der Waals surface area (Å²) in [6.07, 6.45) is -0.644. The second-order valence-electron chi connectivity index (χ2n) is 6.18. The molecule has 5 heteroatoms. The van der Waals surface area contributed by atoms with E-state index in [2.05, 4.69) is 39.0 Å². The fraction of sp³-hybridized carbons (Fsp3) is 0.625. The van der Waals surface area contributed by atoms with Crippen LogP contribution in [-0.2, 0) is 24.4 Å². The van der Waals surface area contributed by atoms with E-state index in [0.29, 0.717) is 26.4 Å². The summed E-state index contributed by atoms with van der Waals surface area (Å²) >= 11 is 0. The van der Waals surface area contributed by atoms with E-state index >= 15 is 0 Å². The molecule has 0 atom stereocenters. The summed E-state index contributed by atoms with van der Waals surface area (Å²) in [4.78, 5) is 0. The van der Waals surface area contributed by atoms with Crippen molar-refractivity contribution in [2.24, 2.45) is 0 Å². The van der Waals surface area contributed by atoms with Crippen molar-refractivity contribution in [2.75, 3.05) is 26.4 Å². The van der Waals surface area contributed by atoms with Crippen molar-refractivity contribution < 1.29 is 37.8 Å². The molecule has 1 aromatic carbocycles. The molecule has 3 rings (SSSR count). The van der Waals surface area contributed by atoms with Crippen molar-refractivity contribution in [1.82, 2.24) is 0 Å². The molecule has 0 amide bonds. The SMILES string of the molecule is CC(C)(C)c1cc(C2OCCO2)[c-]c(C2OCCO2)c1.[Li+]. The zero-order valence-corrected chi connectivity index (χ0v) is 13.3. The van der Waals surface area contributed by atoms with Gasteiger partial charge in [0.15, 0.2) is 12.6 Å². The summed E-state index contributed by atoms with van der Waals surface area (Å²) in [7, 11) is 0. The van der Waals surface area contributed by atoms with E-state index in [1.165, 1.54) is 5.56 Å². The van der Waals surface area contributed by atoms with Crippen molar-refractivity contribution in [3.05, 3.63) is 34.9 Å². The first-order chi connectivity index (χ1) is 9.54. The molecule has 0 N–H and O–H groups in total. The van der Waals surface area contributed by atoms with Gasteiger partial charge in [-0.3, -0.25) is 0 Å². The Morgan fingerprint density at radius 2 is 1.24 bits per heavy atom. The van der Waals surface area contributed by atoms with Crippen LogP contribution in [0.4, 0.5) is 0 Å². The van der Waals surface area contributed by atoms with Crippen LogP contribution in [0.5, 0.6) is 0 Å². The third-order valence-electron chi connectivity index (χ3n) is 3.53. The fourth-order valence-electron chi connectivity index (χ4n) is 2.38. The number of hydrogen-bond acceptors (Lipinski definition) is 4. The number of benzene rings is 1. The number of ether oxygens (including phenoxy) is 4. The van der Waals surface area contributed by atoms with E-state index in [1.54, 1.807) is 0 Å². The molecule has 110 valence electrons. The first kappa shape index (κ1) is 17.0. The van der Waals surface area contributed by atoms with Crippen LogP contribution in [0.15, 0.2) is 12.1 Å². The van der Waals surface area contributed by atoms with Gasteiger partial charge in [-0.2, -0.15) is 23.8 Å². The van der Waals surface area contributed by atoms with E-state index < -0.39 is 0 Å². The Hall–Kier alpha value is -0.343. The summed E-state index contributed by atoms with van der Waals surface area (Å²) in [5.41, 5.74) is 3.09. The maximum absolute atomic E-state index is 5.59. The van der Waals surface area contributed by atoms with Crippen molar-refractivity contribution in [2.45, 2.75) is 38.8 Å². The summed E-state index contributed by atoms with van der Waals surface area (Å²) in [6.45, 7) is 9.07. The second kappa shape index (κ2) is 6.83. The Morgan fingerprint density at radius 3 is 1.57 bits per heavy atom. The van der Waals surface area contributed by atoms with Crippen LogP contribution in [0.1, 0.15) is 50.0 Å². The Labute approximate surface area is 138 Å². The monoisotopic (exact) mass is 284 g/mol. The molecular weight excluding hydrogens is 263 g/mol. The molecule has 0 spiro atoms. The van der Waals surface area contributed by atoms with Crippen LogP contribution in [0.2, 0.25) is 0 Å². The molecule has 2 fully saturated rings. The molecule has 0 aliphatic carbocycles. The van der Waals surface area contributed by atoms with E-state index in [1.807, 2.05) is 0 Å². The second-order valence-corrected chi connectivity index (χ2v) is 6.18. The van der Waals surface area contributed by atoms with E-state index in [9.17, 15) is 0 Å². The Bertz CT molecular complexity index is 437. The predicted octanol–water partition coefficient (Wildman–Crippen LogP) is -0.121. The van der Waals surface area contributed by atoms with Gasteiger partial charge in [0.05, 0.1) is 26.4 Å². The maximum Gasteiger partial charge on any atom is 1.00 e. The molecule has 2 saturated heterocycles. The minimum atomic E-state index is -0.322. The van der Waals surface area contributed by atoms with E-state index in [-0.39, 0.29) is 36.9 Å². The van der Waals surface area contributed by atoms with Gasteiger partial charge < -0.3 is 18.9 Å². The van der Waals surface area contributed by atoms with Crippen LogP contribution in [0.25, 0.3) is 0 Å². The first-order valence-electron chi connectivity index (χ1n) is 7.08. The molecule has 0 radical (unpaired) electrons. The van der Waals surface area contributed by atoms with Gasteiger partial charge in [-0.05, 0) is 5.41 Å². The van der Waals surface area contributed by atoms with Gasteiger partial charge in [-0.15, -0.1) is 11.1 Å². The van der Waals surface area contributed by atoms with Crippen LogP contribution < -0.4 is 18.9 Å². The van der Waals surface area contributed by atoms with Gasteiger partial charge in [0.25, 0.3) is 0 Å². The average Bonchev–Trinajstić information content (AvgIpc) is 3.10.